The maximum Gasteiger partial charge on any atom is 0.280 e. The van der Waals surface area contributed by atoms with Crippen LogP contribution in [-0.4, -0.2) is 15.7 Å². The Morgan fingerprint density at radius 1 is 1.21 bits per heavy atom. The number of nitrogens with one attached hydrogen (secondary N) is 1. The zero-order chi connectivity index (χ0) is 19.7. The van der Waals surface area contributed by atoms with Crippen molar-refractivity contribution in [2.75, 3.05) is 5.32 Å². The van der Waals surface area contributed by atoms with Crippen LogP contribution >= 0.6 is 11.3 Å². The molecular weight excluding hydrogens is 379 g/mol. The second kappa shape index (κ2) is 7.37. The fourth-order valence-electron chi connectivity index (χ4n) is 3.24. The molecule has 140 valence electrons. The third-order valence-corrected chi connectivity index (χ3v) is 5.83. The van der Waals surface area contributed by atoms with Crippen molar-refractivity contribution in [2.45, 2.75) is 25.7 Å². The first-order valence-electron chi connectivity index (χ1n) is 8.78. The Hall–Kier alpha value is -3.31. The highest BCUT2D eigenvalue weighted by atomic mass is 32.1. The van der Waals surface area contributed by atoms with Crippen LogP contribution in [0, 0.1) is 17.1 Å². The summed E-state index contributed by atoms with van der Waals surface area (Å²) >= 11 is 1.38. The number of fused-ring (bicyclic) bond motifs is 1. The molecule has 0 spiro atoms. The molecule has 0 atom stereocenters. The SMILES string of the molecule is N#Cc1c(NC(=O)c2nn(-c3ccc(F)cc3)ccc2=O)sc2c1CCCC2. The monoisotopic (exact) mass is 394 g/mol. The van der Waals surface area contributed by atoms with Gasteiger partial charge in [0.05, 0.1) is 11.3 Å². The van der Waals surface area contributed by atoms with Gasteiger partial charge in [-0.1, -0.05) is 0 Å². The van der Waals surface area contributed by atoms with Crippen molar-refractivity contribution in [3.05, 3.63) is 74.3 Å². The Morgan fingerprint density at radius 3 is 2.71 bits per heavy atom. The van der Waals surface area contributed by atoms with Crippen molar-refractivity contribution in [3.8, 4) is 11.8 Å². The molecule has 2 aromatic heterocycles. The summed E-state index contributed by atoms with van der Waals surface area (Å²) in [5, 5.41) is 16.7. The molecule has 0 aliphatic heterocycles. The van der Waals surface area contributed by atoms with Crippen molar-refractivity contribution in [1.82, 2.24) is 9.78 Å². The number of aromatic nitrogens is 2. The van der Waals surface area contributed by atoms with Gasteiger partial charge in [0.25, 0.3) is 5.91 Å². The summed E-state index contributed by atoms with van der Waals surface area (Å²) in [6.45, 7) is 0. The van der Waals surface area contributed by atoms with E-state index in [0.29, 0.717) is 16.3 Å². The lowest BCUT2D eigenvalue weighted by Gasteiger charge is -2.09. The van der Waals surface area contributed by atoms with Gasteiger partial charge in [-0.05, 0) is 55.5 Å². The normalized spacial score (nSPS) is 12.9. The molecule has 1 aliphatic rings. The first-order valence-corrected chi connectivity index (χ1v) is 9.60. The second-order valence-corrected chi connectivity index (χ2v) is 7.54. The highest BCUT2D eigenvalue weighted by Crippen LogP contribution is 2.37. The van der Waals surface area contributed by atoms with E-state index >= 15 is 0 Å². The van der Waals surface area contributed by atoms with Crippen molar-refractivity contribution >= 4 is 22.2 Å². The highest BCUT2D eigenvalue weighted by molar-refractivity contribution is 7.16. The summed E-state index contributed by atoms with van der Waals surface area (Å²) in [4.78, 5) is 26.0. The number of rotatable bonds is 3. The Morgan fingerprint density at radius 2 is 1.96 bits per heavy atom. The van der Waals surface area contributed by atoms with Gasteiger partial charge in [0.1, 0.15) is 16.9 Å². The van der Waals surface area contributed by atoms with E-state index in [1.165, 1.54) is 52.5 Å². The number of aryl methyl sites for hydroxylation is 1. The van der Waals surface area contributed by atoms with E-state index in [2.05, 4.69) is 16.5 Å². The minimum atomic E-state index is -0.670. The molecule has 0 unspecified atom stereocenters. The summed E-state index contributed by atoms with van der Waals surface area (Å²) in [6, 6.07) is 8.93. The standard InChI is InChI=1S/C20H15FN4O2S/c21-12-5-7-13(8-6-12)25-10-9-16(26)18(24-25)19(27)23-20-15(11-22)14-3-1-2-4-17(14)28-20/h5-10H,1-4H2,(H,23,27). The Labute approximate surface area is 163 Å². The second-order valence-electron chi connectivity index (χ2n) is 6.43. The zero-order valence-corrected chi connectivity index (χ0v) is 15.6. The summed E-state index contributed by atoms with van der Waals surface area (Å²) in [5.41, 5.74) is 1.17. The predicted octanol–water partition coefficient (Wildman–Crippen LogP) is 3.44. The minimum Gasteiger partial charge on any atom is -0.311 e. The summed E-state index contributed by atoms with van der Waals surface area (Å²) < 4.78 is 14.4. The topological polar surface area (TPSA) is 87.8 Å². The van der Waals surface area contributed by atoms with Crippen LogP contribution in [0.15, 0.2) is 41.3 Å². The van der Waals surface area contributed by atoms with Crippen molar-refractivity contribution in [2.24, 2.45) is 0 Å². The van der Waals surface area contributed by atoms with Gasteiger partial charge < -0.3 is 5.32 Å². The lowest BCUT2D eigenvalue weighted by Crippen LogP contribution is -2.25. The molecule has 1 aliphatic carbocycles. The van der Waals surface area contributed by atoms with E-state index in [-0.39, 0.29) is 5.69 Å². The zero-order valence-electron chi connectivity index (χ0n) is 14.7. The fraction of sp³-hybridized carbons (Fsp3) is 0.200. The van der Waals surface area contributed by atoms with Gasteiger partial charge in [-0.15, -0.1) is 11.3 Å². The fourth-order valence-corrected chi connectivity index (χ4v) is 4.47. The van der Waals surface area contributed by atoms with E-state index < -0.39 is 17.2 Å². The average Bonchev–Trinajstić information content (AvgIpc) is 3.05. The van der Waals surface area contributed by atoms with Gasteiger partial charge in [0.2, 0.25) is 5.43 Å². The molecule has 0 saturated heterocycles. The molecule has 8 heteroatoms. The predicted molar refractivity (Wildman–Crippen MR) is 103 cm³/mol. The summed E-state index contributed by atoms with van der Waals surface area (Å²) in [6.07, 6.45) is 5.22. The van der Waals surface area contributed by atoms with Crippen LogP contribution in [0.5, 0.6) is 0 Å². The number of anilines is 1. The van der Waals surface area contributed by atoms with Crippen molar-refractivity contribution < 1.29 is 9.18 Å². The highest BCUT2D eigenvalue weighted by Gasteiger charge is 2.23. The Balaban J connectivity index is 1.67. The van der Waals surface area contributed by atoms with E-state index in [0.717, 1.165) is 36.1 Å². The van der Waals surface area contributed by atoms with Gasteiger partial charge in [-0.25, -0.2) is 9.07 Å². The van der Waals surface area contributed by atoms with E-state index in [1.807, 2.05) is 0 Å². The van der Waals surface area contributed by atoms with Crippen LogP contribution in [0.3, 0.4) is 0 Å². The van der Waals surface area contributed by atoms with Gasteiger partial charge in [-0.2, -0.15) is 10.4 Å². The van der Waals surface area contributed by atoms with Crippen LogP contribution in [0.2, 0.25) is 0 Å². The molecule has 2 heterocycles. The number of benzene rings is 1. The number of halogens is 1. The number of amides is 1. The lowest BCUT2D eigenvalue weighted by atomic mass is 9.96. The number of hydrogen-bond donors (Lipinski definition) is 1. The molecule has 1 aromatic carbocycles. The number of carbonyl (C=O) groups excluding carboxylic acids is 1. The van der Waals surface area contributed by atoms with Gasteiger partial charge >= 0.3 is 0 Å². The molecule has 0 saturated carbocycles. The molecule has 0 radical (unpaired) electrons. The largest absolute Gasteiger partial charge is 0.311 e. The van der Waals surface area contributed by atoms with Gasteiger partial charge in [0.15, 0.2) is 5.69 Å². The number of thiophene rings is 1. The average molecular weight is 394 g/mol. The van der Waals surface area contributed by atoms with E-state index in [9.17, 15) is 19.2 Å². The number of hydrogen-bond acceptors (Lipinski definition) is 5. The van der Waals surface area contributed by atoms with Gasteiger partial charge in [-0.3, -0.25) is 9.59 Å². The Kier molecular flexibility index (Phi) is 4.75. The first-order chi connectivity index (χ1) is 13.6. The third kappa shape index (κ3) is 3.32. The minimum absolute atomic E-state index is 0.290. The Bertz CT molecular complexity index is 1160. The maximum atomic E-state index is 13.1. The van der Waals surface area contributed by atoms with Crippen molar-refractivity contribution in [1.29, 1.82) is 5.26 Å². The lowest BCUT2D eigenvalue weighted by molar-refractivity contribution is 0.102. The molecule has 0 bridgehead atoms. The van der Waals surface area contributed by atoms with E-state index in [4.69, 9.17) is 0 Å². The van der Waals surface area contributed by atoms with Crippen LogP contribution in [-0.2, 0) is 12.8 Å². The van der Waals surface area contributed by atoms with Crippen LogP contribution in [0.1, 0.15) is 39.3 Å². The molecule has 0 fully saturated rings. The van der Waals surface area contributed by atoms with Crippen LogP contribution in [0.25, 0.3) is 5.69 Å². The molecule has 4 rings (SSSR count). The molecule has 6 nitrogen and oxygen atoms in total. The van der Waals surface area contributed by atoms with Crippen molar-refractivity contribution in [3.63, 3.8) is 0 Å². The molecule has 1 amide bonds. The third-order valence-electron chi connectivity index (χ3n) is 4.62. The molecular formula is C20H15FN4O2S. The van der Waals surface area contributed by atoms with E-state index in [1.54, 1.807) is 0 Å². The number of nitriles is 1. The molecule has 3 aromatic rings. The number of carbonyl (C=O) groups is 1. The summed E-state index contributed by atoms with van der Waals surface area (Å²) in [7, 11) is 0. The smallest absolute Gasteiger partial charge is 0.280 e. The number of nitrogens with zero attached hydrogens (tertiary/aromatic N) is 3. The maximum absolute atomic E-state index is 13.1. The summed E-state index contributed by atoms with van der Waals surface area (Å²) in [5.74, 6) is -1.06. The first kappa shape index (κ1) is 18.1. The van der Waals surface area contributed by atoms with Gasteiger partial charge in [0, 0.05) is 17.1 Å². The van der Waals surface area contributed by atoms with Crippen LogP contribution < -0.4 is 10.7 Å². The van der Waals surface area contributed by atoms with Crippen LogP contribution in [0.4, 0.5) is 9.39 Å². The molecule has 1 N–H and O–H groups in total. The quantitative estimate of drug-likeness (QED) is 0.737. The molecule has 28 heavy (non-hydrogen) atoms.